The van der Waals surface area contributed by atoms with Crippen LogP contribution >= 0.6 is 22.6 Å². The van der Waals surface area contributed by atoms with Crippen molar-refractivity contribution in [2.75, 3.05) is 6.54 Å². The van der Waals surface area contributed by atoms with E-state index in [1.807, 2.05) is 26.1 Å². The quantitative estimate of drug-likeness (QED) is 0.676. The fourth-order valence-corrected chi connectivity index (χ4v) is 1.45. The first-order valence-corrected chi connectivity index (χ1v) is 5.31. The molecule has 5 heteroatoms. The summed E-state index contributed by atoms with van der Waals surface area (Å²) < 4.78 is 2.52. The Morgan fingerprint density at radius 2 is 2.50 bits per heavy atom. The summed E-state index contributed by atoms with van der Waals surface area (Å²) in [5.41, 5.74) is 0.623. The lowest BCUT2D eigenvalue weighted by molar-refractivity contribution is 0.0957. The Labute approximate surface area is 96.5 Å². The van der Waals surface area contributed by atoms with Crippen molar-refractivity contribution in [1.29, 1.82) is 0 Å². The molecule has 0 spiro atoms. The summed E-state index contributed by atoms with van der Waals surface area (Å²) in [5.74, 6) is -0.0828. The summed E-state index contributed by atoms with van der Waals surface area (Å²) in [6.07, 6.45) is 5.36. The largest absolute Gasteiger partial charge is 0.348 e. The maximum atomic E-state index is 11.6. The highest BCUT2D eigenvalue weighted by Gasteiger charge is 2.12. The molecule has 1 amide bonds. The molecule has 0 saturated heterocycles. The predicted octanol–water partition coefficient (Wildman–Crippen LogP) is 1.33. The molecule has 0 aliphatic carbocycles. The number of nitrogens with zero attached hydrogens (tertiary/aromatic N) is 2. The van der Waals surface area contributed by atoms with Gasteiger partial charge in [-0.25, -0.2) is 0 Å². The summed E-state index contributed by atoms with van der Waals surface area (Å²) >= 11 is 2.10. The Hall–Kier alpha value is -0.850. The molecule has 0 radical (unpaired) electrons. The van der Waals surface area contributed by atoms with Crippen molar-refractivity contribution in [2.45, 2.75) is 6.92 Å². The number of aromatic nitrogens is 2. The number of hydrogen-bond donors (Lipinski definition) is 1. The van der Waals surface area contributed by atoms with Crippen molar-refractivity contribution in [3.63, 3.8) is 0 Å². The monoisotopic (exact) mass is 305 g/mol. The first kappa shape index (κ1) is 11.2. The van der Waals surface area contributed by atoms with Crippen molar-refractivity contribution >= 4 is 28.5 Å². The highest BCUT2D eigenvalue weighted by atomic mass is 127. The van der Waals surface area contributed by atoms with Crippen molar-refractivity contribution in [1.82, 2.24) is 15.1 Å². The van der Waals surface area contributed by atoms with E-state index in [9.17, 15) is 4.79 Å². The van der Waals surface area contributed by atoms with Gasteiger partial charge in [0.05, 0.1) is 11.8 Å². The maximum absolute atomic E-state index is 11.6. The Balaban J connectivity index is 2.65. The maximum Gasteiger partial charge on any atom is 0.255 e. The van der Waals surface area contributed by atoms with Crippen LogP contribution in [0.2, 0.25) is 0 Å². The van der Waals surface area contributed by atoms with Crippen molar-refractivity contribution < 1.29 is 4.79 Å². The zero-order chi connectivity index (χ0) is 10.6. The number of carbonyl (C=O) groups is 1. The van der Waals surface area contributed by atoms with Crippen LogP contribution in [0.15, 0.2) is 18.3 Å². The third kappa shape index (κ3) is 2.57. The number of carbonyl (C=O) groups excluding carboxylic acids is 1. The van der Waals surface area contributed by atoms with Gasteiger partial charge in [0.25, 0.3) is 5.91 Å². The van der Waals surface area contributed by atoms with Crippen LogP contribution in [-0.2, 0) is 7.05 Å². The summed E-state index contributed by atoms with van der Waals surface area (Å²) in [4.78, 5) is 11.6. The van der Waals surface area contributed by atoms with Gasteiger partial charge in [-0.05, 0) is 29.5 Å². The molecule has 0 aromatic carbocycles. The van der Waals surface area contributed by atoms with Gasteiger partial charge in [-0.2, -0.15) is 5.10 Å². The lowest BCUT2D eigenvalue weighted by Crippen LogP contribution is -2.23. The molecule has 0 atom stereocenters. The van der Waals surface area contributed by atoms with Crippen LogP contribution in [0, 0.1) is 3.70 Å². The van der Waals surface area contributed by atoms with Crippen LogP contribution < -0.4 is 5.32 Å². The van der Waals surface area contributed by atoms with Crippen molar-refractivity contribution in [3.05, 3.63) is 27.6 Å². The van der Waals surface area contributed by atoms with Crippen LogP contribution in [0.4, 0.5) is 0 Å². The molecule has 0 unspecified atom stereocenters. The minimum Gasteiger partial charge on any atom is -0.348 e. The number of nitrogens with one attached hydrogen (secondary N) is 1. The predicted molar refractivity (Wildman–Crippen MR) is 63.1 cm³/mol. The van der Waals surface area contributed by atoms with Gasteiger partial charge in [0, 0.05) is 13.6 Å². The second-order valence-electron chi connectivity index (χ2n) is 2.75. The number of hydrogen-bond acceptors (Lipinski definition) is 2. The van der Waals surface area contributed by atoms with E-state index in [1.54, 1.807) is 10.9 Å². The molecule has 1 aromatic heterocycles. The number of allylic oxidation sites excluding steroid dienone is 1. The second kappa shape index (κ2) is 5.14. The Bertz CT molecular complexity index is 357. The van der Waals surface area contributed by atoms with Crippen molar-refractivity contribution in [2.24, 2.45) is 7.05 Å². The summed E-state index contributed by atoms with van der Waals surface area (Å²) in [6, 6.07) is 0. The van der Waals surface area contributed by atoms with E-state index in [0.717, 1.165) is 3.70 Å². The minimum atomic E-state index is -0.0828. The Kier molecular flexibility index (Phi) is 4.12. The summed E-state index contributed by atoms with van der Waals surface area (Å²) in [5, 5.41) is 6.77. The average Bonchev–Trinajstić information content (AvgIpc) is 2.48. The van der Waals surface area contributed by atoms with Gasteiger partial charge in [0.2, 0.25) is 0 Å². The zero-order valence-corrected chi connectivity index (χ0v) is 10.3. The van der Waals surface area contributed by atoms with Gasteiger partial charge in [-0.3, -0.25) is 9.48 Å². The molecular weight excluding hydrogens is 293 g/mol. The zero-order valence-electron chi connectivity index (χ0n) is 8.12. The fourth-order valence-electron chi connectivity index (χ4n) is 0.940. The van der Waals surface area contributed by atoms with Gasteiger partial charge in [0.15, 0.2) is 0 Å². The van der Waals surface area contributed by atoms with E-state index in [-0.39, 0.29) is 5.91 Å². The van der Waals surface area contributed by atoms with Crippen LogP contribution in [0.3, 0.4) is 0 Å². The molecule has 4 nitrogen and oxygen atoms in total. The number of aryl methyl sites for hydroxylation is 1. The van der Waals surface area contributed by atoms with Gasteiger partial charge in [-0.1, -0.05) is 12.2 Å². The molecule has 0 bridgehead atoms. The summed E-state index contributed by atoms with van der Waals surface area (Å²) in [7, 11) is 1.81. The molecule has 0 fully saturated rings. The third-order valence-corrected chi connectivity index (χ3v) is 3.01. The van der Waals surface area contributed by atoms with Gasteiger partial charge in [0.1, 0.15) is 3.70 Å². The first-order chi connectivity index (χ1) is 6.66. The van der Waals surface area contributed by atoms with Crippen molar-refractivity contribution in [3.8, 4) is 0 Å². The lowest BCUT2D eigenvalue weighted by atomic mass is 10.3. The first-order valence-electron chi connectivity index (χ1n) is 4.23. The molecule has 1 rings (SSSR count). The van der Waals surface area contributed by atoms with Crippen LogP contribution in [0.5, 0.6) is 0 Å². The molecule has 0 aliphatic rings. The number of rotatable bonds is 3. The van der Waals surface area contributed by atoms with Crippen LogP contribution in [-0.4, -0.2) is 22.2 Å². The van der Waals surface area contributed by atoms with E-state index in [2.05, 4.69) is 33.0 Å². The lowest BCUT2D eigenvalue weighted by Gasteiger charge is -2.00. The number of amides is 1. The highest BCUT2D eigenvalue weighted by Crippen LogP contribution is 2.09. The van der Waals surface area contributed by atoms with Gasteiger partial charge < -0.3 is 5.32 Å². The topological polar surface area (TPSA) is 46.9 Å². The van der Waals surface area contributed by atoms with E-state index in [4.69, 9.17) is 0 Å². The van der Waals surface area contributed by atoms with E-state index in [1.165, 1.54) is 0 Å². The van der Waals surface area contributed by atoms with E-state index in [0.29, 0.717) is 12.1 Å². The normalized spacial score (nSPS) is 10.8. The number of halogens is 1. The van der Waals surface area contributed by atoms with E-state index >= 15 is 0 Å². The summed E-state index contributed by atoms with van der Waals surface area (Å²) in [6.45, 7) is 2.47. The fraction of sp³-hybridized carbons (Fsp3) is 0.333. The van der Waals surface area contributed by atoms with Gasteiger partial charge >= 0.3 is 0 Å². The van der Waals surface area contributed by atoms with Gasteiger partial charge in [-0.15, -0.1) is 0 Å². The smallest absolute Gasteiger partial charge is 0.255 e. The molecule has 1 aromatic rings. The Morgan fingerprint density at radius 3 is 3.00 bits per heavy atom. The third-order valence-electron chi connectivity index (χ3n) is 1.73. The molecule has 1 heterocycles. The van der Waals surface area contributed by atoms with E-state index < -0.39 is 0 Å². The average molecular weight is 305 g/mol. The molecule has 0 aliphatic heterocycles. The van der Waals surface area contributed by atoms with Crippen LogP contribution in [0.1, 0.15) is 17.3 Å². The Morgan fingerprint density at radius 1 is 1.79 bits per heavy atom. The highest BCUT2D eigenvalue weighted by molar-refractivity contribution is 14.1. The van der Waals surface area contributed by atoms with Crippen LogP contribution in [0.25, 0.3) is 0 Å². The molecule has 0 saturated carbocycles. The molecular formula is C9H12IN3O. The minimum absolute atomic E-state index is 0.0828. The molecule has 14 heavy (non-hydrogen) atoms. The second-order valence-corrected chi connectivity index (χ2v) is 3.77. The SMILES string of the molecule is C/C=C/CNC(=O)c1cnn(C)c1I. The standard InChI is InChI=1S/C9H12IN3O/c1-3-4-5-11-9(14)7-6-12-13(2)8(7)10/h3-4,6H,5H2,1-2H3,(H,11,14)/b4-3+. The molecule has 76 valence electrons. The molecule has 1 N–H and O–H groups in total.